The van der Waals surface area contributed by atoms with Gasteiger partial charge in [-0.05, 0) is 31.8 Å². The zero-order valence-corrected chi connectivity index (χ0v) is 23.1. The Kier molecular flexibility index (Phi) is 17.3. The molecule has 6 unspecified atom stereocenters. The minimum atomic E-state index is -2.08. The first-order valence-corrected chi connectivity index (χ1v) is 17.1. The van der Waals surface area contributed by atoms with Crippen LogP contribution >= 0.6 is 53.6 Å². The molecule has 1 aliphatic heterocycles. The van der Waals surface area contributed by atoms with Crippen molar-refractivity contribution in [3.8, 4) is 0 Å². The van der Waals surface area contributed by atoms with Gasteiger partial charge >= 0.3 is 0 Å². The standard InChI is InChI=1S/C8H20NO3P3S.C5H12NO2P3/c1-16(2,11)6-8(10)4-3-7(9-13)5-12-15-14;7-5-2-1-4(6(5)9)3-8-11-10/h6-7,9,15H,3-5,13-14H2,1-2H3;4,11H,1-3,9-10H2/t7-;4-/m00/s1. The van der Waals surface area contributed by atoms with Gasteiger partial charge in [-0.2, -0.15) is 0 Å². The fourth-order valence-corrected chi connectivity index (χ4v) is 4.67. The smallest absolute Gasteiger partial charge is 0.225 e. The van der Waals surface area contributed by atoms with E-state index in [2.05, 4.69) is 41.7 Å². The Morgan fingerprint density at radius 3 is 2.48 bits per heavy atom. The Morgan fingerprint density at radius 2 is 2.04 bits per heavy atom. The minimum absolute atomic E-state index is 0.0615. The SMILES string of the molecule is CS(C)(=O)=CC(=O)CC[C@@H](COPP)NP.O=C1CC[C@@H](COPP)N1P. The van der Waals surface area contributed by atoms with E-state index in [1.165, 1.54) is 5.37 Å². The number of carbonyl (C=O) groups excluding carboxylic acids is 2. The third-order valence-corrected chi connectivity index (χ3v) is 7.17. The first-order valence-electron chi connectivity index (χ1n) is 8.14. The van der Waals surface area contributed by atoms with Gasteiger partial charge in [-0.3, -0.25) is 18.9 Å². The van der Waals surface area contributed by atoms with Crippen molar-refractivity contribution in [3.05, 3.63) is 0 Å². The molecule has 1 saturated heterocycles. The van der Waals surface area contributed by atoms with Gasteiger partial charge in [0.15, 0.2) is 5.78 Å². The number of nitrogens with one attached hydrogen (secondary N) is 1. The number of Topliss-reactive ketones (excluding diaryl/α,β-unsaturated/α-hetero) is 1. The van der Waals surface area contributed by atoms with E-state index in [-0.39, 0.29) is 23.8 Å². The molecule has 7 nitrogen and oxygen atoms in total. The van der Waals surface area contributed by atoms with E-state index in [9.17, 15) is 13.8 Å². The predicted octanol–water partition coefficient (Wildman–Crippen LogP) is 2.00. The first-order chi connectivity index (χ1) is 12.6. The molecule has 1 amide bonds. The number of hydrogen-bond donors (Lipinski definition) is 1. The van der Waals surface area contributed by atoms with Gasteiger partial charge < -0.3 is 13.7 Å². The van der Waals surface area contributed by atoms with Crippen molar-refractivity contribution >= 4 is 80.2 Å². The van der Waals surface area contributed by atoms with E-state index in [0.29, 0.717) is 49.5 Å². The number of rotatable bonds is 11. The molecule has 14 heteroatoms. The summed E-state index contributed by atoms with van der Waals surface area (Å²) in [6.45, 7) is 1.24. The molecule has 0 aromatic carbocycles. The maximum atomic E-state index is 11.4. The van der Waals surface area contributed by atoms with Crippen molar-refractivity contribution in [1.29, 1.82) is 0 Å². The molecule has 0 radical (unpaired) electrons. The Balaban J connectivity index is 0.000000533. The second-order valence-corrected chi connectivity index (χ2v) is 12.4. The van der Waals surface area contributed by atoms with Gasteiger partial charge in [-0.15, -0.1) is 0 Å². The van der Waals surface area contributed by atoms with E-state index in [1.807, 2.05) is 0 Å². The second kappa shape index (κ2) is 16.3. The lowest BCUT2D eigenvalue weighted by molar-refractivity contribution is -0.124. The molecule has 1 aliphatic rings. The number of hydrogen-bond acceptors (Lipinski definition) is 6. The van der Waals surface area contributed by atoms with Crippen molar-refractivity contribution in [2.45, 2.75) is 37.8 Å². The maximum absolute atomic E-state index is 11.4. The normalized spacial score (nSPS) is 19.0. The van der Waals surface area contributed by atoms with Gasteiger partial charge in [0.25, 0.3) is 0 Å². The highest BCUT2D eigenvalue weighted by atomic mass is 32.2. The van der Waals surface area contributed by atoms with Crippen molar-refractivity contribution in [2.75, 3.05) is 25.7 Å². The second-order valence-electron chi connectivity index (χ2n) is 6.15. The summed E-state index contributed by atoms with van der Waals surface area (Å²) in [6, 6.07) is 0.417. The number of nitrogens with zero attached hydrogens (tertiary/aromatic N) is 1. The third-order valence-electron chi connectivity index (χ3n) is 3.49. The maximum Gasteiger partial charge on any atom is 0.225 e. The van der Waals surface area contributed by atoms with Gasteiger partial charge in [0.1, 0.15) is 0 Å². The summed E-state index contributed by atoms with van der Waals surface area (Å²) in [5, 5.41) is 4.33. The summed E-state index contributed by atoms with van der Waals surface area (Å²) >= 11 is 0. The summed E-state index contributed by atoms with van der Waals surface area (Å²) in [6.07, 6.45) is 5.80. The van der Waals surface area contributed by atoms with Crippen LogP contribution in [0, 0.1) is 0 Å². The molecule has 1 fully saturated rings. The highest BCUT2D eigenvalue weighted by Crippen LogP contribution is 2.27. The van der Waals surface area contributed by atoms with Crippen LogP contribution in [0.25, 0.3) is 0 Å². The van der Waals surface area contributed by atoms with Crippen LogP contribution in [0.4, 0.5) is 0 Å². The van der Waals surface area contributed by atoms with Crippen LogP contribution < -0.4 is 5.09 Å². The molecule has 0 saturated carbocycles. The number of ketones is 1. The lowest BCUT2D eigenvalue weighted by Gasteiger charge is -2.18. The minimum Gasteiger partial charge on any atom is -0.357 e. The summed E-state index contributed by atoms with van der Waals surface area (Å²) in [5.74, 6) is 0.143. The van der Waals surface area contributed by atoms with Gasteiger partial charge in [0.05, 0.1) is 19.3 Å². The zero-order chi connectivity index (χ0) is 20.9. The predicted molar refractivity (Wildman–Crippen MR) is 134 cm³/mol. The van der Waals surface area contributed by atoms with Crippen LogP contribution in [0.2, 0.25) is 0 Å². The Labute approximate surface area is 176 Å². The van der Waals surface area contributed by atoms with Crippen LogP contribution in [-0.2, 0) is 28.2 Å². The Bertz CT molecular complexity index is 567. The molecule has 1 rings (SSSR count). The summed E-state index contributed by atoms with van der Waals surface area (Å²) in [5.41, 5.74) is 0. The lowest BCUT2D eigenvalue weighted by atomic mass is 10.1. The molecule has 0 aromatic rings. The van der Waals surface area contributed by atoms with E-state index >= 15 is 0 Å². The highest BCUT2D eigenvalue weighted by Gasteiger charge is 2.27. The fourth-order valence-electron chi connectivity index (χ4n) is 2.13. The largest absolute Gasteiger partial charge is 0.357 e. The van der Waals surface area contributed by atoms with Gasteiger partial charge in [0.2, 0.25) is 5.91 Å². The topological polar surface area (TPSA) is 84.9 Å². The van der Waals surface area contributed by atoms with Gasteiger partial charge in [0, 0.05) is 53.8 Å². The third kappa shape index (κ3) is 15.1. The monoisotopic (exact) mass is 514 g/mol. The lowest BCUT2D eigenvalue weighted by Crippen LogP contribution is -2.26. The molecule has 0 aliphatic carbocycles. The zero-order valence-electron chi connectivity index (χ0n) is 15.7. The van der Waals surface area contributed by atoms with Crippen LogP contribution in [-0.4, -0.2) is 63.7 Å². The van der Waals surface area contributed by atoms with Gasteiger partial charge in [-0.1, -0.05) is 27.2 Å². The van der Waals surface area contributed by atoms with Crippen LogP contribution in [0.1, 0.15) is 25.7 Å². The Morgan fingerprint density at radius 1 is 1.41 bits per heavy atom. The molecule has 27 heavy (non-hydrogen) atoms. The summed E-state index contributed by atoms with van der Waals surface area (Å²) < 4.78 is 23.5. The average molecular weight is 514 g/mol. The molecule has 0 aromatic heterocycles. The van der Waals surface area contributed by atoms with Crippen molar-refractivity contribution in [3.63, 3.8) is 0 Å². The molecular weight excluding hydrogens is 482 g/mol. The first kappa shape index (κ1) is 28.6. The molecular formula is C13H32N2O5P6S. The van der Waals surface area contributed by atoms with Gasteiger partial charge in [-0.25, -0.2) is 0 Å². The average Bonchev–Trinajstić information content (AvgIpc) is 2.91. The molecule has 160 valence electrons. The summed E-state index contributed by atoms with van der Waals surface area (Å²) in [7, 11) is 8.63. The van der Waals surface area contributed by atoms with E-state index in [0.717, 1.165) is 6.42 Å². The quantitative estimate of drug-likeness (QED) is 0.336. The van der Waals surface area contributed by atoms with E-state index in [1.54, 1.807) is 17.2 Å². The van der Waals surface area contributed by atoms with E-state index in [4.69, 9.17) is 9.05 Å². The van der Waals surface area contributed by atoms with Crippen molar-refractivity contribution in [2.24, 2.45) is 0 Å². The molecule has 1 heterocycles. The molecule has 0 bridgehead atoms. The highest BCUT2D eigenvalue weighted by molar-refractivity contribution is 8.01. The van der Waals surface area contributed by atoms with Crippen LogP contribution in [0.3, 0.4) is 0 Å². The molecule has 1 N–H and O–H groups in total. The van der Waals surface area contributed by atoms with Crippen molar-refractivity contribution in [1.82, 2.24) is 9.76 Å². The van der Waals surface area contributed by atoms with Crippen molar-refractivity contribution < 1.29 is 22.8 Å². The number of carbonyl (C=O) groups is 2. The number of amides is 1. The van der Waals surface area contributed by atoms with Crippen LogP contribution in [0.5, 0.6) is 0 Å². The fraction of sp³-hybridized carbons (Fsp3) is 0.769. The Hall–Kier alpha value is 1.62. The van der Waals surface area contributed by atoms with E-state index < -0.39 is 9.52 Å². The molecule has 0 spiro atoms. The van der Waals surface area contributed by atoms with Crippen LogP contribution in [0.15, 0.2) is 0 Å². The summed E-state index contributed by atoms with van der Waals surface area (Å²) in [4.78, 5) is 22.4. The molecule has 8 atom stereocenters.